The van der Waals surface area contributed by atoms with E-state index in [4.69, 9.17) is 9.40 Å². The maximum absolute atomic E-state index is 5.88. The zero-order valence-electron chi connectivity index (χ0n) is 19.3. The van der Waals surface area contributed by atoms with Crippen molar-refractivity contribution in [3.05, 3.63) is 90.3 Å². The van der Waals surface area contributed by atoms with Gasteiger partial charge in [-0.25, -0.2) is 0 Å². The number of furan rings is 1. The Labute approximate surface area is 197 Å². The summed E-state index contributed by atoms with van der Waals surface area (Å²) in [6.07, 6.45) is 1.94. The minimum absolute atomic E-state index is 0.0398. The maximum Gasteiger partial charge on any atom is 0.134 e. The third kappa shape index (κ3) is 3.35. The van der Waals surface area contributed by atoms with Crippen molar-refractivity contribution in [2.75, 3.05) is 0 Å². The van der Waals surface area contributed by atoms with Crippen molar-refractivity contribution >= 4 is 43.2 Å². The fraction of sp³-hybridized carbons (Fsp3) is 0.167. The SMILES string of the molecule is Cc1cc2c(-c3cc4c(-c5cc(C(C)(C)C)c6ccccc6c5)nccc4s3)cccc2o1. The lowest BCUT2D eigenvalue weighted by atomic mass is 9.82. The molecule has 0 spiro atoms. The van der Waals surface area contributed by atoms with Gasteiger partial charge in [0.2, 0.25) is 0 Å². The van der Waals surface area contributed by atoms with Crippen molar-refractivity contribution in [1.29, 1.82) is 0 Å². The highest BCUT2D eigenvalue weighted by atomic mass is 32.1. The molecule has 3 aromatic heterocycles. The summed E-state index contributed by atoms with van der Waals surface area (Å²) in [5.41, 5.74) is 5.75. The number of hydrogen-bond acceptors (Lipinski definition) is 3. The molecule has 3 aromatic carbocycles. The van der Waals surface area contributed by atoms with Crippen LogP contribution in [0.15, 0.2) is 83.4 Å². The van der Waals surface area contributed by atoms with E-state index in [1.54, 1.807) is 0 Å². The van der Waals surface area contributed by atoms with Crippen LogP contribution in [0, 0.1) is 6.92 Å². The third-order valence-electron chi connectivity index (χ3n) is 6.34. The molecule has 0 amide bonds. The molecule has 0 aliphatic rings. The summed E-state index contributed by atoms with van der Waals surface area (Å²) in [5, 5.41) is 4.93. The number of aryl methyl sites for hydroxylation is 1. The first kappa shape index (κ1) is 20.2. The van der Waals surface area contributed by atoms with Gasteiger partial charge in [-0.3, -0.25) is 4.98 Å². The molecule has 6 rings (SSSR count). The van der Waals surface area contributed by atoms with E-state index in [-0.39, 0.29) is 5.41 Å². The monoisotopic (exact) mass is 447 g/mol. The van der Waals surface area contributed by atoms with Crippen LogP contribution in [0.2, 0.25) is 0 Å². The number of benzene rings is 3. The molecule has 6 aromatic rings. The molecule has 0 bridgehead atoms. The number of thiophene rings is 1. The molecule has 3 heterocycles. The van der Waals surface area contributed by atoms with E-state index < -0.39 is 0 Å². The molecule has 0 aliphatic carbocycles. The lowest BCUT2D eigenvalue weighted by Crippen LogP contribution is -2.12. The maximum atomic E-state index is 5.88. The van der Waals surface area contributed by atoms with E-state index in [9.17, 15) is 0 Å². The van der Waals surface area contributed by atoms with Crippen LogP contribution in [0.3, 0.4) is 0 Å². The quantitative estimate of drug-likeness (QED) is 0.264. The Hall–Kier alpha value is -3.43. The molecule has 0 atom stereocenters. The normalized spacial score (nSPS) is 12.2. The topological polar surface area (TPSA) is 26.0 Å². The van der Waals surface area contributed by atoms with Gasteiger partial charge < -0.3 is 4.42 Å². The van der Waals surface area contributed by atoms with Crippen LogP contribution in [0.25, 0.3) is 53.5 Å². The summed E-state index contributed by atoms with van der Waals surface area (Å²) in [7, 11) is 0. The van der Waals surface area contributed by atoms with Crippen LogP contribution in [-0.2, 0) is 5.41 Å². The van der Waals surface area contributed by atoms with E-state index in [1.165, 1.54) is 42.4 Å². The average molecular weight is 448 g/mol. The Kier molecular flexibility index (Phi) is 4.46. The Balaban J connectivity index is 1.59. The largest absolute Gasteiger partial charge is 0.461 e. The summed E-state index contributed by atoms with van der Waals surface area (Å²) >= 11 is 1.82. The first-order valence-electron chi connectivity index (χ1n) is 11.3. The van der Waals surface area contributed by atoms with Gasteiger partial charge in [-0.1, -0.05) is 57.2 Å². The van der Waals surface area contributed by atoms with Gasteiger partial charge in [0.25, 0.3) is 0 Å². The van der Waals surface area contributed by atoms with Crippen molar-refractivity contribution in [3.8, 4) is 21.7 Å². The fourth-order valence-electron chi connectivity index (χ4n) is 4.80. The van der Waals surface area contributed by atoms with Gasteiger partial charge in [-0.2, -0.15) is 0 Å². The average Bonchev–Trinajstić information content (AvgIpc) is 3.39. The first-order chi connectivity index (χ1) is 15.9. The Morgan fingerprint density at radius 3 is 2.52 bits per heavy atom. The van der Waals surface area contributed by atoms with E-state index in [2.05, 4.69) is 87.5 Å². The molecule has 0 saturated heterocycles. The van der Waals surface area contributed by atoms with Gasteiger partial charge in [0.1, 0.15) is 11.3 Å². The van der Waals surface area contributed by atoms with Gasteiger partial charge in [0, 0.05) is 37.7 Å². The second kappa shape index (κ2) is 7.29. The van der Waals surface area contributed by atoms with E-state index in [1.807, 2.05) is 30.5 Å². The standard InChI is InChI=1S/C30H25NOS/c1-18-14-23-22(10-7-11-26(23)32-18)28-17-24-27(33-28)12-13-31-29(24)20-15-19-8-5-6-9-21(19)25(16-20)30(2,3)4/h5-17H,1-4H3. The number of nitrogens with zero attached hydrogens (tertiary/aromatic N) is 1. The number of fused-ring (bicyclic) bond motifs is 3. The van der Waals surface area contributed by atoms with Crippen LogP contribution in [-0.4, -0.2) is 4.98 Å². The Morgan fingerprint density at radius 2 is 1.67 bits per heavy atom. The number of aromatic nitrogens is 1. The zero-order valence-corrected chi connectivity index (χ0v) is 20.1. The van der Waals surface area contributed by atoms with Crippen LogP contribution >= 0.6 is 11.3 Å². The minimum Gasteiger partial charge on any atom is -0.461 e. The molecule has 0 N–H and O–H groups in total. The lowest BCUT2D eigenvalue weighted by molar-refractivity contribution is 0.578. The van der Waals surface area contributed by atoms with Crippen LogP contribution in [0.4, 0.5) is 0 Å². The smallest absolute Gasteiger partial charge is 0.134 e. The van der Waals surface area contributed by atoms with Crippen molar-refractivity contribution in [2.24, 2.45) is 0 Å². The molecule has 0 saturated carbocycles. The van der Waals surface area contributed by atoms with E-state index in [0.29, 0.717) is 0 Å². The van der Waals surface area contributed by atoms with Gasteiger partial charge in [0.05, 0.1) is 5.69 Å². The number of rotatable bonds is 2. The predicted molar refractivity (Wildman–Crippen MR) is 141 cm³/mol. The molecule has 0 radical (unpaired) electrons. The van der Waals surface area contributed by atoms with E-state index >= 15 is 0 Å². The van der Waals surface area contributed by atoms with Gasteiger partial charge in [-0.15, -0.1) is 11.3 Å². The first-order valence-corrected chi connectivity index (χ1v) is 12.1. The second-order valence-electron chi connectivity index (χ2n) is 9.75. The highest BCUT2D eigenvalue weighted by Gasteiger charge is 2.20. The van der Waals surface area contributed by atoms with E-state index in [0.717, 1.165) is 22.4 Å². The molecular formula is C30H25NOS. The minimum atomic E-state index is 0.0398. The van der Waals surface area contributed by atoms with Gasteiger partial charge in [-0.05, 0) is 65.1 Å². The summed E-state index contributed by atoms with van der Waals surface area (Å²) < 4.78 is 7.12. The molecule has 33 heavy (non-hydrogen) atoms. The summed E-state index contributed by atoms with van der Waals surface area (Å²) in [4.78, 5) is 6.11. The van der Waals surface area contributed by atoms with Crippen molar-refractivity contribution < 1.29 is 4.42 Å². The van der Waals surface area contributed by atoms with Crippen LogP contribution in [0.1, 0.15) is 32.1 Å². The van der Waals surface area contributed by atoms with Crippen molar-refractivity contribution in [2.45, 2.75) is 33.1 Å². The predicted octanol–water partition coefficient (Wildman–Crippen LogP) is 9.14. The number of pyridine rings is 1. The molecule has 162 valence electrons. The summed E-state index contributed by atoms with van der Waals surface area (Å²) in [5.74, 6) is 0.937. The molecule has 0 aliphatic heterocycles. The zero-order chi connectivity index (χ0) is 22.7. The summed E-state index contributed by atoms with van der Waals surface area (Å²) in [6, 6.07) is 26.1. The number of hydrogen-bond donors (Lipinski definition) is 0. The van der Waals surface area contributed by atoms with Crippen LogP contribution < -0.4 is 0 Å². The fourth-order valence-corrected chi connectivity index (χ4v) is 5.89. The molecule has 3 heteroatoms. The Bertz CT molecular complexity index is 1660. The van der Waals surface area contributed by atoms with Crippen molar-refractivity contribution in [1.82, 2.24) is 4.98 Å². The third-order valence-corrected chi connectivity index (χ3v) is 7.47. The highest BCUT2D eigenvalue weighted by Crippen LogP contribution is 2.42. The van der Waals surface area contributed by atoms with Crippen molar-refractivity contribution in [3.63, 3.8) is 0 Å². The molecule has 0 unspecified atom stereocenters. The van der Waals surface area contributed by atoms with Gasteiger partial charge in [0.15, 0.2) is 0 Å². The highest BCUT2D eigenvalue weighted by molar-refractivity contribution is 7.22. The molecular weight excluding hydrogens is 422 g/mol. The molecule has 2 nitrogen and oxygen atoms in total. The van der Waals surface area contributed by atoms with Gasteiger partial charge >= 0.3 is 0 Å². The van der Waals surface area contributed by atoms with Crippen LogP contribution in [0.5, 0.6) is 0 Å². The summed E-state index contributed by atoms with van der Waals surface area (Å²) in [6.45, 7) is 8.84. The Morgan fingerprint density at radius 1 is 0.818 bits per heavy atom. The molecule has 0 fully saturated rings. The lowest BCUT2D eigenvalue weighted by Gasteiger charge is -2.22. The second-order valence-corrected chi connectivity index (χ2v) is 10.8.